The maximum atomic E-state index is 12.4. The number of carbonyl (C=O) groups is 4. The van der Waals surface area contributed by atoms with Crippen LogP contribution < -0.4 is 0 Å². The van der Waals surface area contributed by atoms with E-state index in [0.29, 0.717) is 12.8 Å². The van der Waals surface area contributed by atoms with E-state index < -0.39 is 0 Å². The smallest absolute Gasteiger partial charge is 0.229 e. The number of imide groups is 2. The van der Waals surface area contributed by atoms with E-state index in [9.17, 15) is 19.2 Å². The molecule has 0 saturated carbocycles. The van der Waals surface area contributed by atoms with Crippen LogP contribution in [0, 0.1) is 0 Å². The fraction of sp³-hybridized carbons (Fsp3) is 0.846. The predicted molar refractivity (Wildman–Crippen MR) is 132 cm³/mol. The summed E-state index contributed by atoms with van der Waals surface area (Å²) in [5.41, 5.74) is 0. The van der Waals surface area contributed by atoms with E-state index in [-0.39, 0.29) is 49.9 Å². The highest BCUT2D eigenvalue weighted by molar-refractivity contribution is 5.94. The zero-order chi connectivity index (χ0) is 24.9. The minimum atomic E-state index is -0.283. The third-order valence-electron chi connectivity index (χ3n) is 5.77. The predicted octanol–water partition coefficient (Wildman–Crippen LogP) is 5.25. The van der Waals surface area contributed by atoms with Crippen molar-refractivity contribution in [2.24, 2.45) is 0 Å². The summed E-state index contributed by atoms with van der Waals surface area (Å²) in [5, 5.41) is 0. The summed E-state index contributed by atoms with van der Waals surface area (Å²) < 4.78 is 5.54. The van der Waals surface area contributed by atoms with E-state index in [1.807, 2.05) is 0 Å². The Kier molecular flexibility index (Phi) is 19.7. The zero-order valence-electron chi connectivity index (χ0n) is 21.7. The Balaban J connectivity index is 4.19. The summed E-state index contributed by atoms with van der Waals surface area (Å²) in [4.78, 5) is 50.9. The molecule has 0 saturated heterocycles. The van der Waals surface area contributed by atoms with Crippen molar-refractivity contribution < 1.29 is 23.9 Å². The number of rotatable bonds is 20. The minimum absolute atomic E-state index is 0.166. The van der Waals surface area contributed by atoms with Crippen molar-refractivity contribution in [3.63, 3.8) is 0 Å². The Morgan fingerprint density at radius 1 is 0.545 bits per heavy atom. The van der Waals surface area contributed by atoms with E-state index in [4.69, 9.17) is 4.74 Å². The van der Waals surface area contributed by atoms with Gasteiger partial charge in [-0.2, -0.15) is 0 Å². The lowest BCUT2D eigenvalue weighted by atomic mass is 10.1. The maximum absolute atomic E-state index is 12.4. The molecule has 7 heteroatoms. The second-order valence-corrected chi connectivity index (χ2v) is 8.78. The van der Waals surface area contributed by atoms with E-state index in [1.165, 1.54) is 62.2 Å². The molecule has 0 heterocycles. The molecule has 0 spiro atoms. The number of hydrogen-bond acceptors (Lipinski definition) is 5. The van der Waals surface area contributed by atoms with Crippen molar-refractivity contribution in [3.05, 3.63) is 0 Å². The second-order valence-electron chi connectivity index (χ2n) is 8.78. The van der Waals surface area contributed by atoms with Crippen LogP contribution in [0.5, 0.6) is 0 Å². The van der Waals surface area contributed by atoms with Gasteiger partial charge in [-0.3, -0.25) is 29.0 Å². The van der Waals surface area contributed by atoms with Crippen LogP contribution in [0.15, 0.2) is 0 Å². The van der Waals surface area contributed by atoms with Crippen molar-refractivity contribution in [1.82, 2.24) is 9.80 Å². The molecule has 0 rings (SSSR count). The molecule has 0 fully saturated rings. The molecule has 0 aliphatic rings. The quantitative estimate of drug-likeness (QED) is 0.228. The molecule has 0 aromatic rings. The number of nitrogens with zero attached hydrogens (tertiary/aromatic N) is 2. The molecular formula is C26H48N2O5. The molecule has 0 atom stereocenters. The molecule has 0 aromatic carbocycles. The first-order chi connectivity index (χ1) is 15.8. The maximum Gasteiger partial charge on any atom is 0.229 e. The monoisotopic (exact) mass is 468 g/mol. The lowest BCUT2D eigenvalue weighted by Crippen LogP contribution is -2.39. The largest absolute Gasteiger partial charge is 0.378 e. The lowest BCUT2D eigenvalue weighted by Gasteiger charge is -2.21. The summed E-state index contributed by atoms with van der Waals surface area (Å²) in [6.07, 6.45) is 13.8. The first-order valence-corrected chi connectivity index (χ1v) is 13.0. The van der Waals surface area contributed by atoms with Crippen LogP contribution in [-0.4, -0.2) is 59.7 Å². The van der Waals surface area contributed by atoms with Gasteiger partial charge in [-0.25, -0.2) is 0 Å². The van der Waals surface area contributed by atoms with Crippen LogP contribution in [0.2, 0.25) is 0 Å². The minimum Gasteiger partial charge on any atom is -0.378 e. The van der Waals surface area contributed by atoms with Crippen molar-refractivity contribution >= 4 is 23.6 Å². The van der Waals surface area contributed by atoms with Crippen molar-refractivity contribution in [3.8, 4) is 0 Å². The van der Waals surface area contributed by atoms with Crippen LogP contribution in [0.25, 0.3) is 0 Å². The fourth-order valence-electron chi connectivity index (χ4n) is 3.71. The highest BCUT2D eigenvalue weighted by Gasteiger charge is 2.19. The summed E-state index contributed by atoms with van der Waals surface area (Å²) in [6.45, 7) is 7.88. The summed E-state index contributed by atoms with van der Waals surface area (Å²) in [5.74, 6) is -0.898. The molecular weight excluding hydrogens is 420 g/mol. The van der Waals surface area contributed by atoms with Gasteiger partial charge in [0.2, 0.25) is 23.6 Å². The average Bonchev–Trinajstić information content (AvgIpc) is 2.77. The molecule has 0 unspecified atom stereocenters. The summed E-state index contributed by atoms with van der Waals surface area (Å²) in [7, 11) is 0. The van der Waals surface area contributed by atoms with Gasteiger partial charge in [-0.05, 0) is 12.8 Å². The van der Waals surface area contributed by atoms with E-state index in [1.54, 1.807) is 0 Å². The Morgan fingerprint density at radius 3 is 1.21 bits per heavy atom. The molecule has 0 bridgehead atoms. The fourth-order valence-corrected chi connectivity index (χ4v) is 3.71. The number of hydrogen-bond donors (Lipinski definition) is 0. The van der Waals surface area contributed by atoms with Gasteiger partial charge in [0, 0.05) is 26.7 Å². The third-order valence-corrected chi connectivity index (χ3v) is 5.77. The number of unbranched alkanes of at least 4 members (excludes halogenated alkanes) is 10. The van der Waals surface area contributed by atoms with Gasteiger partial charge in [0.1, 0.15) is 0 Å². The Labute approximate surface area is 201 Å². The SMILES string of the molecule is CCCCCCCCC(=O)N(CCOCCN(C(C)=O)C(=O)CCCCCCCC)C(C)=O. The lowest BCUT2D eigenvalue weighted by molar-refractivity contribution is -0.144. The molecule has 7 nitrogen and oxygen atoms in total. The number of carbonyl (C=O) groups excluding carboxylic acids is 4. The van der Waals surface area contributed by atoms with Gasteiger partial charge in [0.25, 0.3) is 0 Å². The highest BCUT2D eigenvalue weighted by atomic mass is 16.5. The average molecular weight is 469 g/mol. The standard InChI is InChI=1S/C26H48N2O5/c1-5-7-9-11-13-15-17-25(31)27(23(3)29)19-21-33-22-20-28(24(4)30)26(32)18-16-14-12-10-8-6-2/h5-22H2,1-4H3. The molecule has 4 amide bonds. The summed E-state index contributed by atoms with van der Waals surface area (Å²) in [6, 6.07) is 0. The van der Waals surface area contributed by atoms with Gasteiger partial charge in [0.05, 0.1) is 26.3 Å². The van der Waals surface area contributed by atoms with Gasteiger partial charge in [0.15, 0.2) is 0 Å². The zero-order valence-corrected chi connectivity index (χ0v) is 21.7. The van der Waals surface area contributed by atoms with E-state index in [2.05, 4.69) is 13.8 Å². The molecule has 0 aliphatic carbocycles. The van der Waals surface area contributed by atoms with Gasteiger partial charge >= 0.3 is 0 Å². The van der Waals surface area contributed by atoms with Gasteiger partial charge in [-0.15, -0.1) is 0 Å². The Hall–Kier alpha value is -1.76. The third kappa shape index (κ3) is 16.5. The van der Waals surface area contributed by atoms with Crippen LogP contribution in [0.1, 0.15) is 118 Å². The van der Waals surface area contributed by atoms with Gasteiger partial charge < -0.3 is 4.74 Å². The summed E-state index contributed by atoms with van der Waals surface area (Å²) >= 11 is 0. The topological polar surface area (TPSA) is 84.0 Å². The first-order valence-electron chi connectivity index (χ1n) is 13.0. The van der Waals surface area contributed by atoms with Gasteiger partial charge in [-0.1, -0.05) is 78.1 Å². The molecule has 0 aromatic heterocycles. The van der Waals surface area contributed by atoms with Crippen LogP contribution in [0.4, 0.5) is 0 Å². The molecule has 33 heavy (non-hydrogen) atoms. The van der Waals surface area contributed by atoms with Crippen LogP contribution in [0.3, 0.4) is 0 Å². The Bertz CT molecular complexity index is 517. The molecule has 192 valence electrons. The van der Waals surface area contributed by atoms with Crippen molar-refractivity contribution in [1.29, 1.82) is 0 Å². The van der Waals surface area contributed by atoms with Crippen molar-refractivity contribution in [2.75, 3.05) is 26.3 Å². The number of ether oxygens (including phenoxy) is 1. The normalized spacial score (nSPS) is 10.8. The number of amides is 4. The molecule has 0 radical (unpaired) electrons. The first kappa shape index (κ1) is 31.2. The van der Waals surface area contributed by atoms with Crippen molar-refractivity contribution in [2.45, 2.75) is 118 Å². The molecule has 0 N–H and O–H groups in total. The highest BCUT2D eigenvalue weighted by Crippen LogP contribution is 2.10. The molecule has 0 aliphatic heterocycles. The van der Waals surface area contributed by atoms with E-state index in [0.717, 1.165) is 38.5 Å². The van der Waals surface area contributed by atoms with Crippen LogP contribution in [-0.2, 0) is 23.9 Å². The van der Waals surface area contributed by atoms with Crippen LogP contribution >= 0.6 is 0 Å². The van der Waals surface area contributed by atoms with E-state index >= 15 is 0 Å². The second kappa shape index (κ2) is 20.8. The Morgan fingerprint density at radius 2 is 0.879 bits per heavy atom.